The molecule has 4 N–H and O–H groups in total. The van der Waals surface area contributed by atoms with Crippen molar-refractivity contribution in [1.29, 1.82) is 0 Å². The number of nitrogen functional groups attached to an aromatic ring is 1. The third kappa shape index (κ3) is 8.13. The quantitative estimate of drug-likeness (QED) is 0.606. The summed E-state index contributed by atoms with van der Waals surface area (Å²) in [7, 11) is 0. The number of rotatable bonds is 7. The molecule has 0 unspecified atom stereocenters. The molecular formula is C22H33N3O4. The van der Waals surface area contributed by atoms with E-state index >= 15 is 0 Å². The van der Waals surface area contributed by atoms with Crippen LogP contribution in [0.15, 0.2) is 24.3 Å². The maximum atomic E-state index is 12.7. The number of hydrogen-bond donors (Lipinski definition) is 3. The van der Waals surface area contributed by atoms with Gasteiger partial charge < -0.3 is 21.1 Å². The van der Waals surface area contributed by atoms with E-state index in [0.717, 1.165) is 31.2 Å². The Morgan fingerprint density at radius 3 is 2.31 bits per heavy atom. The van der Waals surface area contributed by atoms with Gasteiger partial charge in [-0.15, -0.1) is 0 Å². The number of anilines is 1. The van der Waals surface area contributed by atoms with E-state index in [0.29, 0.717) is 5.69 Å². The zero-order chi connectivity index (χ0) is 21.4. The highest BCUT2D eigenvalue weighted by atomic mass is 16.6. The predicted molar refractivity (Wildman–Crippen MR) is 112 cm³/mol. The zero-order valence-corrected chi connectivity index (χ0v) is 17.6. The highest BCUT2D eigenvalue weighted by molar-refractivity contribution is 5.91. The Bertz CT molecular complexity index is 704. The Morgan fingerprint density at radius 1 is 1.10 bits per heavy atom. The normalized spacial score (nSPS) is 16.0. The molecule has 1 saturated carbocycles. The second-order valence-electron chi connectivity index (χ2n) is 8.66. The summed E-state index contributed by atoms with van der Waals surface area (Å²) >= 11 is 0. The molecule has 1 aromatic rings. The van der Waals surface area contributed by atoms with Crippen LogP contribution in [0.3, 0.4) is 0 Å². The van der Waals surface area contributed by atoms with Crippen molar-refractivity contribution in [3.63, 3.8) is 0 Å². The molecule has 2 rings (SSSR count). The molecule has 0 saturated heterocycles. The Hall–Kier alpha value is -2.57. The van der Waals surface area contributed by atoms with Gasteiger partial charge >= 0.3 is 6.09 Å². The fourth-order valence-corrected chi connectivity index (χ4v) is 3.41. The van der Waals surface area contributed by atoms with E-state index in [9.17, 15) is 14.4 Å². The van der Waals surface area contributed by atoms with Gasteiger partial charge in [-0.1, -0.05) is 31.4 Å². The molecule has 7 nitrogen and oxygen atoms in total. The smallest absolute Gasteiger partial charge is 0.408 e. The van der Waals surface area contributed by atoms with E-state index in [1.54, 1.807) is 45.0 Å². The van der Waals surface area contributed by atoms with Gasteiger partial charge in [0.05, 0.1) is 6.54 Å². The SMILES string of the molecule is CC(C)(C)OC(=O)N[C@@H](Cc1ccc(N)cc1)C(=O)NCC(=O)C1CCCCC1. The van der Waals surface area contributed by atoms with Gasteiger partial charge in [-0.05, 0) is 51.3 Å². The van der Waals surface area contributed by atoms with Crippen LogP contribution in [0, 0.1) is 5.92 Å². The van der Waals surface area contributed by atoms with Gasteiger partial charge in [-0.25, -0.2) is 4.79 Å². The number of benzene rings is 1. The highest BCUT2D eigenvalue weighted by Gasteiger charge is 2.26. The van der Waals surface area contributed by atoms with Crippen molar-refractivity contribution in [2.24, 2.45) is 5.92 Å². The lowest BCUT2D eigenvalue weighted by Gasteiger charge is -2.24. The van der Waals surface area contributed by atoms with E-state index in [1.165, 1.54) is 6.42 Å². The van der Waals surface area contributed by atoms with Crippen LogP contribution in [0.25, 0.3) is 0 Å². The van der Waals surface area contributed by atoms with Crippen molar-refractivity contribution < 1.29 is 19.1 Å². The summed E-state index contributed by atoms with van der Waals surface area (Å²) in [5, 5.41) is 5.32. The summed E-state index contributed by atoms with van der Waals surface area (Å²) < 4.78 is 5.28. The minimum Gasteiger partial charge on any atom is -0.444 e. The van der Waals surface area contributed by atoms with Crippen molar-refractivity contribution in [2.45, 2.75) is 70.9 Å². The Labute approximate surface area is 172 Å². The lowest BCUT2D eigenvalue weighted by Crippen LogP contribution is -2.50. The molecule has 29 heavy (non-hydrogen) atoms. The van der Waals surface area contributed by atoms with Crippen LogP contribution in [0.1, 0.15) is 58.4 Å². The highest BCUT2D eigenvalue weighted by Crippen LogP contribution is 2.24. The zero-order valence-electron chi connectivity index (χ0n) is 17.6. The number of nitrogens with one attached hydrogen (secondary N) is 2. The molecule has 1 fully saturated rings. The Balaban J connectivity index is 1.99. The number of carbonyl (C=O) groups is 3. The summed E-state index contributed by atoms with van der Waals surface area (Å²) in [5.41, 5.74) is 6.50. The predicted octanol–water partition coefficient (Wildman–Crippen LogP) is 2.97. The van der Waals surface area contributed by atoms with Crippen LogP contribution in [0.4, 0.5) is 10.5 Å². The number of Topliss-reactive ketones (excluding diaryl/α,β-unsaturated/α-hetero) is 1. The molecule has 0 bridgehead atoms. The molecule has 160 valence electrons. The van der Waals surface area contributed by atoms with Gasteiger partial charge in [0.15, 0.2) is 5.78 Å². The van der Waals surface area contributed by atoms with Crippen molar-refractivity contribution in [3.8, 4) is 0 Å². The third-order valence-electron chi connectivity index (χ3n) is 4.92. The maximum absolute atomic E-state index is 12.7. The number of ketones is 1. The molecule has 0 heterocycles. The topological polar surface area (TPSA) is 111 Å². The largest absolute Gasteiger partial charge is 0.444 e. The van der Waals surface area contributed by atoms with Crippen LogP contribution in [0.2, 0.25) is 0 Å². The summed E-state index contributed by atoms with van der Waals surface area (Å²) in [6, 6.07) is 6.24. The summed E-state index contributed by atoms with van der Waals surface area (Å²) in [6.45, 7) is 5.25. The third-order valence-corrected chi connectivity index (χ3v) is 4.92. The minimum absolute atomic E-state index is 0.0161. The van der Waals surface area contributed by atoms with Gasteiger partial charge in [0.25, 0.3) is 0 Å². The molecule has 7 heteroatoms. The Kier molecular flexibility index (Phi) is 8.05. The fraction of sp³-hybridized carbons (Fsp3) is 0.591. The molecule has 1 aromatic carbocycles. The summed E-state index contributed by atoms with van der Waals surface area (Å²) in [4.78, 5) is 37.3. The fourth-order valence-electron chi connectivity index (χ4n) is 3.41. The lowest BCUT2D eigenvalue weighted by atomic mass is 9.86. The molecule has 0 radical (unpaired) electrons. The summed E-state index contributed by atoms with van der Waals surface area (Å²) in [6.07, 6.45) is 4.66. The van der Waals surface area contributed by atoms with Gasteiger partial charge in [-0.2, -0.15) is 0 Å². The van der Waals surface area contributed by atoms with Gasteiger partial charge in [0, 0.05) is 18.0 Å². The van der Waals surface area contributed by atoms with Crippen LogP contribution in [0.5, 0.6) is 0 Å². The van der Waals surface area contributed by atoms with Gasteiger partial charge in [0.1, 0.15) is 11.6 Å². The standard InChI is InChI=1S/C22H33N3O4/c1-22(2,3)29-21(28)25-18(13-15-9-11-17(23)12-10-15)20(27)24-14-19(26)16-7-5-4-6-8-16/h9-12,16,18H,4-8,13-14,23H2,1-3H3,(H,24,27)(H,25,28)/t18-/m0/s1. The first kappa shape index (κ1) is 22.7. The lowest BCUT2D eigenvalue weighted by molar-refractivity contribution is -0.128. The first-order chi connectivity index (χ1) is 13.6. The van der Waals surface area contributed by atoms with E-state index in [1.807, 2.05) is 0 Å². The molecule has 1 aliphatic carbocycles. The number of hydrogen-bond acceptors (Lipinski definition) is 5. The van der Waals surface area contributed by atoms with E-state index < -0.39 is 23.6 Å². The number of ether oxygens (including phenoxy) is 1. The molecule has 0 spiro atoms. The van der Waals surface area contributed by atoms with E-state index in [2.05, 4.69) is 10.6 Å². The van der Waals surface area contributed by atoms with E-state index in [-0.39, 0.29) is 24.7 Å². The number of amides is 2. The second kappa shape index (κ2) is 10.3. The first-order valence-corrected chi connectivity index (χ1v) is 10.3. The first-order valence-electron chi connectivity index (χ1n) is 10.3. The molecule has 1 aliphatic rings. The average molecular weight is 404 g/mol. The number of alkyl carbamates (subject to hydrolysis) is 1. The Morgan fingerprint density at radius 2 is 1.72 bits per heavy atom. The molecule has 0 aliphatic heterocycles. The van der Waals surface area contributed by atoms with Crippen LogP contribution in [-0.2, 0) is 20.7 Å². The molecule has 2 amide bonds. The van der Waals surface area contributed by atoms with Gasteiger partial charge in [-0.3, -0.25) is 9.59 Å². The molecule has 0 aromatic heterocycles. The average Bonchev–Trinajstić information content (AvgIpc) is 2.66. The second-order valence-corrected chi connectivity index (χ2v) is 8.66. The van der Waals surface area contributed by atoms with E-state index in [4.69, 9.17) is 10.5 Å². The van der Waals surface area contributed by atoms with Crippen molar-refractivity contribution >= 4 is 23.5 Å². The van der Waals surface area contributed by atoms with Crippen LogP contribution >= 0.6 is 0 Å². The van der Waals surface area contributed by atoms with Crippen LogP contribution in [-0.4, -0.2) is 36.0 Å². The maximum Gasteiger partial charge on any atom is 0.408 e. The number of nitrogens with two attached hydrogens (primary N) is 1. The monoisotopic (exact) mass is 403 g/mol. The van der Waals surface area contributed by atoms with Gasteiger partial charge in [0.2, 0.25) is 5.91 Å². The summed E-state index contributed by atoms with van der Waals surface area (Å²) in [5.74, 6) is -0.322. The minimum atomic E-state index is -0.854. The van der Waals surface area contributed by atoms with Crippen molar-refractivity contribution in [1.82, 2.24) is 10.6 Å². The molecular weight excluding hydrogens is 370 g/mol. The van der Waals surface area contributed by atoms with Crippen LogP contribution < -0.4 is 16.4 Å². The molecule has 1 atom stereocenters. The van der Waals surface area contributed by atoms with Crippen molar-refractivity contribution in [2.75, 3.05) is 12.3 Å². The number of carbonyl (C=O) groups excluding carboxylic acids is 3. The van der Waals surface area contributed by atoms with Crippen molar-refractivity contribution in [3.05, 3.63) is 29.8 Å².